The highest BCUT2D eigenvalue weighted by molar-refractivity contribution is 5.96. The molecule has 4 aliphatic rings. The van der Waals surface area contributed by atoms with Gasteiger partial charge in [-0.2, -0.15) is 0 Å². The van der Waals surface area contributed by atoms with E-state index in [1.54, 1.807) is 6.08 Å². The highest BCUT2D eigenvalue weighted by atomic mass is 16.5. The maximum absolute atomic E-state index is 12.7. The first-order chi connectivity index (χ1) is 11.0. The molecule has 2 fully saturated rings. The Bertz CT molecular complexity index is 603. The number of rotatable bonds is 3. The van der Waals surface area contributed by atoms with Gasteiger partial charge in [-0.05, 0) is 36.2 Å². The number of carbonyl (C=O) groups is 2. The smallest absolute Gasteiger partial charge is 0.306 e. The van der Waals surface area contributed by atoms with Crippen LogP contribution in [0.1, 0.15) is 54.4 Å². The zero-order valence-electron chi connectivity index (χ0n) is 15.6. The van der Waals surface area contributed by atoms with Crippen LogP contribution < -0.4 is 0 Å². The minimum atomic E-state index is -0.577. The van der Waals surface area contributed by atoms with Gasteiger partial charge in [-0.3, -0.25) is 9.59 Å². The van der Waals surface area contributed by atoms with Crippen LogP contribution in [0.4, 0.5) is 0 Å². The van der Waals surface area contributed by atoms with E-state index in [4.69, 9.17) is 4.74 Å². The molecule has 0 aromatic carbocycles. The Morgan fingerprint density at radius 2 is 1.96 bits per heavy atom. The molecule has 0 amide bonds. The minimum Gasteiger partial charge on any atom is -0.462 e. The van der Waals surface area contributed by atoms with Crippen molar-refractivity contribution in [2.24, 2.45) is 34.5 Å². The predicted molar refractivity (Wildman–Crippen MR) is 91.1 cm³/mol. The molecule has 4 heteroatoms. The molecule has 24 heavy (non-hydrogen) atoms. The number of ether oxygens (including phenoxy) is 1. The van der Waals surface area contributed by atoms with E-state index in [0.717, 1.165) is 5.57 Å². The molecule has 4 nitrogen and oxygen atoms in total. The fourth-order valence-corrected chi connectivity index (χ4v) is 5.66. The third kappa shape index (κ3) is 2.22. The van der Waals surface area contributed by atoms with E-state index in [-0.39, 0.29) is 46.3 Å². The fourth-order valence-electron chi connectivity index (χ4n) is 5.66. The molecular formula is C20H30O4. The molecule has 4 rings (SSSR count). The Labute approximate surface area is 144 Å². The van der Waals surface area contributed by atoms with Crippen molar-refractivity contribution < 1.29 is 19.4 Å². The summed E-state index contributed by atoms with van der Waals surface area (Å²) < 4.78 is 5.85. The van der Waals surface area contributed by atoms with E-state index in [2.05, 4.69) is 6.92 Å². The molecule has 4 aliphatic carbocycles. The van der Waals surface area contributed by atoms with E-state index >= 15 is 0 Å². The van der Waals surface area contributed by atoms with Crippen molar-refractivity contribution in [2.75, 3.05) is 0 Å². The van der Waals surface area contributed by atoms with Crippen molar-refractivity contribution in [1.29, 1.82) is 0 Å². The first-order valence-corrected chi connectivity index (χ1v) is 9.10. The minimum absolute atomic E-state index is 0.129. The van der Waals surface area contributed by atoms with E-state index < -0.39 is 12.2 Å². The third-order valence-corrected chi connectivity index (χ3v) is 6.92. The van der Waals surface area contributed by atoms with Gasteiger partial charge in [0.1, 0.15) is 6.10 Å². The van der Waals surface area contributed by atoms with Gasteiger partial charge in [0.2, 0.25) is 0 Å². The van der Waals surface area contributed by atoms with Crippen LogP contribution in [0.25, 0.3) is 0 Å². The van der Waals surface area contributed by atoms with Crippen LogP contribution in [-0.2, 0) is 14.3 Å². The number of hydrogen-bond donors (Lipinski definition) is 1. The Morgan fingerprint density at radius 1 is 1.33 bits per heavy atom. The van der Waals surface area contributed by atoms with Crippen LogP contribution >= 0.6 is 0 Å². The lowest BCUT2D eigenvalue weighted by Gasteiger charge is -2.65. The highest BCUT2D eigenvalue weighted by Crippen LogP contribution is 2.71. The quantitative estimate of drug-likeness (QED) is 0.806. The second kappa shape index (κ2) is 5.42. The van der Waals surface area contributed by atoms with Gasteiger partial charge in [-0.25, -0.2) is 0 Å². The summed E-state index contributed by atoms with van der Waals surface area (Å²) in [5.41, 5.74) is 0.323. The van der Waals surface area contributed by atoms with Crippen LogP contribution in [0.2, 0.25) is 0 Å². The van der Waals surface area contributed by atoms with Crippen LogP contribution in [0.15, 0.2) is 11.6 Å². The van der Waals surface area contributed by atoms with E-state index in [9.17, 15) is 14.7 Å². The number of aliphatic hydroxyl groups excluding tert-OH is 1. The van der Waals surface area contributed by atoms with E-state index in [1.807, 2.05) is 34.6 Å². The number of hydrogen-bond acceptors (Lipinski definition) is 4. The zero-order chi connectivity index (χ0) is 18.0. The molecule has 0 radical (unpaired) electrons. The van der Waals surface area contributed by atoms with E-state index in [1.165, 1.54) is 0 Å². The average molecular weight is 334 g/mol. The zero-order valence-corrected chi connectivity index (χ0v) is 15.6. The Balaban J connectivity index is 1.99. The summed E-state index contributed by atoms with van der Waals surface area (Å²) in [7, 11) is 0. The molecule has 134 valence electrons. The lowest BCUT2D eigenvalue weighted by Crippen LogP contribution is -2.67. The Morgan fingerprint density at radius 3 is 2.50 bits per heavy atom. The SMILES string of the molecule is CC1=CC(=O)C2C3C1C2(C)[C@H](OC(=O)CC(C)C)C[C@@H](O)C3(C)C. The Hall–Kier alpha value is -1.16. The number of esters is 1. The van der Waals surface area contributed by atoms with Crippen LogP contribution in [0.3, 0.4) is 0 Å². The van der Waals surface area contributed by atoms with Gasteiger partial charge >= 0.3 is 5.97 Å². The van der Waals surface area contributed by atoms with Crippen molar-refractivity contribution in [3.05, 3.63) is 11.6 Å². The van der Waals surface area contributed by atoms with Gasteiger partial charge in [0, 0.05) is 24.2 Å². The number of carbonyl (C=O) groups excluding carboxylic acids is 2. The third-order valence-electron chi connectivity index (χ3n) is 6.92. The summed E-state index contributed by atoms with van der Waals surface area (Å²) in [6.45, 7) is 12.1. The first kappa shape index (κ1) is 17.7. The number of ketones is 1. The molecule has 4 unspecified atom stereocenters. The summed E-state index contributed by atoms with van der Waals surface area (Å²) in [5, 5.41) is 10.8. The first-order valence-electron chi connectivity index (χ1n) is 9.10. The highest BCUT2D eigenvalue weighted by Gasteiger charge is 2.73. The van der Waals surface area contributed by atoms with Gasteiger partial charge in [0.25, 0.3) is 0 Å². The van der Waals surface area contributed by atoms with Crippen molar-refractivity contribution in [3.63, 3.8) is 0 Å². The maximum atomic E-state index is 12.7. The molecule has 4 bridgehead atoms. The molecular weight excluding hydrogens is 304 g/mol. The number of aliphatic hydroxyl groups is 1. The summed E-state index contributed by atoms with van der Waals surface area (Å²) in [6, 6.07) is 0. The normalized spacial score (nSPS) is 42.9. The molecule has 0 aliphatic heterocycles. The molecule has 0 spiro atoms. The van der Waals surface area contributed by atoms with Crippen molar-refractivity contribution in [2.45, 2.75) is 66.6 Å². The van der Waals surface area contributed by atoms with E-state index in [0.29, 0.717) is 12.8 Å². The molecule has 0 aromatic rings. The molecule has 2 saturated carbocycles. The Kier molecular flexibility index (Phi) is 3.99. The molecule has 6 atom stereocenters. The molecule has 1 N–H and O–H groups in total. The van der Waals surface area contributed by atoms with Gasteiger partial charge in [0.05, 0.1) is 6.10 Å². The monoisotopic (exact) mass is 334 g/mol. The van der Waals surface area contributed by atoms with Crippen LogP contribution in [-0.4, -0.2) is 29.1 Å². The topological polar surface area (TPSA) is 63.6 Å². The standard InChI is InChI=1S/C20H30O4/c1-10(2)7-15(23)24-14-9-13(22)19(4,5)18-16-11(3)8-12(21)17(18)20(14,16)6/h8,10,13-14,16-18,22H,7,9H2,1-6H3/t13-,14-,16?,17?,18?,20?/m1/s1. The maximum Gasteiger partial charge on any atom is 0.306 e. The van der Waals surface area contributed by atoms with Crippen LogP contribution in [0.5, 0.6) is 0 Å². The summed E-state index contributed by atoms with van der Waals surface area (Å²) in [4.78, 5) is 25.0. The predicted octanol–water partition coefficient (Wildman–Crippen LogP) is 3.13. The van der Waals surface area contributed by atoms with Crippen LogP contribution in [0, 0.1) is 34.5 Å². The van der Waals surface area contributed by atoms with Crippen molar-refractivity contribution >= 4 is 11.8 Å². The molecule has 0 heterocycles. The largest absolute Gasteiger partial charge is 0.462 e. The summed E-state index contributed by atoms with van der Waals surface area (Å²) >= 11 is 0. The van der Waals surface area contributed by atoms with Gasteiger partial charge in [0.15, 0.2) is 5.78 Å². The average Bonchev–Trinajstić information content (AvgIpc) is 2.50. The van der Waals surface area contributed by atoms with Gasteiger partial charge < -0.3 is 9.84 Å². The number of fused-ring (bicyclic) bond motifs is 1. The van der Waals surface area contributed by atoms with Gasteiger partial charge in [-0.1, -0.05) is 40.2 Å². The molecule has 0 aromatic heterocycles. The summed E-state index contributed by atoms with van der Waals surface area (Å²) in [6.07, 6.45) is 1.56. The second-order valence-corrected chi connectivity index (χ2v) is 9.29. The van der Waals surface area contributed by atoms with Crippen molar-refractivity contribution in [1.82, 2.24) is 0 Å². The summed E-state index contributed by atoms with van der Waals surface area (Å²) in [5.74, 6) is 0.311. The second-order valence-electron chi connectivity index (χ2n) is 9.29. The fraction of sp³-hybridized carbons (Fsp3) is 0.800. The van der Waals surface area contributed by atoms with Crippen molar-refractivity contribution in [3.8, 4) is 0 Å². The lowest BCUT2D eigenvalue weighted by atomic mass is 9.37. The molecule has 0 saturated heterocycles. The van der Waals surface area contributed by atoms with Gasteiger partial charge in [-0.15, -0.1) is 0 Å². The lowest BCUT2D eigenvalue weighted by molar-refractivity contribution is -0.203. The number of allylic oxidation sites excluding steroid dienone is 2.